The number of fused-ring (bicyclic) bond motifs is 7. The number of nitrogens with zero attached hydrogens (tertiary/aromatic N) is 1. The molecule has 0 N–H and O–H groups in total. The van der Waals surface area contributed by atoms with Crippen molar-refractivity contribution >= 4 is 16.7 Å². The summed E-state index contributed by atoms with van der Waals surface area (Å²) in [6, 6.07) is 49.8. The smallest absolute Gasteiger partial charge is 0.0722 e. The van der Waals surface area contributed by atoms with Gasteiger partial charge in [0.1, 0.15) is 0 Å². The number of rotatable bonds is 6. The van der Waals surface area contributed by atoms with E-state index < -0.39 is 5.41 Å². The predicted molar refractivity (Wildman–Crippen MR) is 208 cm³/mol. The fourth-order valence-electron chi connectivity index (χ4n) is 7.99. The summed E-state index contributed by atoms with van der Waals surface area (Å²) in [5.41, 5.74) is 18.1. The average molecular weight is 628 g/mol. The monoisotopic (exact) mass is 627 g/mol. The molecule has 0 fully saturated rings. The van der Waals surface area contributed by atoms with Gasteiger partial charge in [-0.25, -0.2) is 4.98 Å². The minimum atomic E-state index is -0.408. The van der Waals surface area contributed by atoms with E-state index >= 15 is 0 Å². The molecule has 1 heteroatoms. The van der Waals surface area contributed by atoms with Crippen LogP contribution in [-0.4, -0.2) is 4.98 Å². The lowest BCUT2D eigenvalue weighted by atomic mass is 9.70. The molecular formula is C48H37N. The van der Waals surface area contributed by atoms with Gasteiger partial charge in [-0.3, -0.25) is 0 Å². The molecule has 0 saturated heterocycles. The van der Waals surface area contributed by atoms with E-state index in [1.165, 1.54) is 44.5 Å². The van der Waals surface area contributed by atoms with Crippen molar-refractivity contribution in [3.8, 4) is 33.6 Å². The first-order chi connectivity index (χ1) is 24.1. The zero-order valence-corrected chi connectivity index (χ0v) is 27.9. The van der Waals surface area contributed by atoms with Gasteiger partial charge in [0.25, 0.3) is 0 Å². The van der Waals surface area contributed by atoms with Crippen molar-refractivity contribution in [2.24, 2.45) is 0 Å². The van der Waals surface area contributed by atoms with Crippen LogP contribution in [0.2, 0.25) is 0 Å². The quantitative estimate of drug-likeness (QED) is 0.167. The van der Waals surface area contributed by atoms with Crippen LogP contribution in [0.4, 0.5) is 0 Å². The molecule has 1 nitrogen and oxygen atoms in total. The van der Waals surface area contributed by atoms with Crippen LogP contribution < -0.4 is 0 Å². The maximum absolute atomic E-state index is 5.10. The van der Waals surface area contributed by atoms with Crippen molar-refractivity contribution < 1.29 is 0 Å². The highest BCUT2D eigenvalue weighted by molar-refractivity contribution is 6.00. The Bertz CT molecular complexity index is 2310. The van der Waals surface area contributed by atoms with Gasteiger partial charge in [0.05, 0.1) is 16.8 Å². The van der Waals surface area contributed by atoms with E-state index in [-0.39, 0.29) is 0 Å². The molecule has 8 rings (SSSR count). The minimum absolute atomic E-state index is 0.408. The summed E-state index contributed by atoms with van der Waals surface area (Å²) < 4.78 is 0. The van der Waals surface area contributed by atoms with E-state index in [4.69, 9.17) is 4.98 Å². The molecule has 0 amide bonds. The maximum atomic E-state index is 5.10. The van der Waals surface area contributed by atoms with Gasteiger partial charge in [-0.1, -0.05) is 153 Å². The molecule has 1 heterocycles. The second kappa shape index (κ2) is 12.2. The number of hydrogen-bond donors (Lipinski definition) is 0. The molecule has 1 atom stereocenters. The van der Waals surface area contributed by atoms with Gasteiger partial charge < -0.3 is 0 Å². The molecule has 0 bridgehead atoms. The number of hydrogen-bond acceptors (Lipinski definition) is 1. The predicted octanol–water partition coefficient (Wildman–Crippen LogP) is 12.4. The molecule has 6 aromatic rings. The zero-order chi connectivity index (χ0) is 33.5. The number of allylic oxidation sites excluding steroid dienone is 8. The minimum Gasteiger partial charge on any atom is -0.248 e. The normalized spacial score (nSPS) is 17.3. The first-order valence-electron chi connectivity index (χ1n) is 16.9. The molecule has 1 unspecified atom stereocenters. The van der Waals surface area contributed by atoms with Gasteiger partial charge in [0.2, 0.25) is 0 Å². The molecule has 0 aliphatic heterocycles. The van der Waals surface area contributed by atoms with Crippen LogP contribution >= 0.6 is 0 Å². The second-order valence-electron chi connectivity index (χ2n) is 12.7. The summed E-state index contributed by atoms with van der Waals surface area (Å²) in [5, 5.41) is 0. The van der Waals surface area contributed by atoms with Crippen molar-refractivity contribution in [1.82, 2.24) is 4.98 Å². The Morgan fingerprint density at radius 2 is 1.12 bits per heavy atom. The molecule has 0 saturated carbocycles. The van der Waals surface area contributed by atoms with Crippen LogP contribution in [0.5, 0.6) is 0 Å². The van der Waals surface area contributed by atoms with Crippen LogP contribution in [0.3, 0.4) is 0 Å². The van der Waals surface area contributed by atoms with Gasteiger partial charge in [0.15, 0.2) is 0 Å². The number of aromatic nitrogens is 1. The van der Waals surface area contributed by atoms with Crippen LogP contribution in [-0.2, 0) is 5.41 Å². The lowest BCUT2D eigenvalue weighted by molar-refractivity contribution is 0.792. The number of benzene rings is 5. The first-order valence-corrected chi connectivity index (χ1v) is 16.9. The summed E-state index contributed by atoms with van der Waals surface area (Å²) in [4.78, 5) is 5.10. The standard InChI is InChI=1S/C48H37N/c1-5-33(28-34(6-2)38-30-46(35-18-10-8-11-19-35)49-47(31-38)36-20-12-9-13-21-36)37-26-27-41-40-23-15-17-25-44(40)48(45(41)29-37)42(7-3)32(4)39-22-14-16-24-43(39)48/h5-31H,2,4H2,1,3H3/b33-5+,34-28+,42-7+. The topological polar surface area (TPSA) is 12.9 Å². The SMILES string of the molecule is C=C/C(=C\C(=C/C)c1ccc2c(c1)C1(/C(=C/C)C(=C)c3ccccc31)c1ccccc1-2)c1cc(-c2ccccc2)nc(-c2ccccc2)c1. The van der Waals surface area contributed by atoms with E-state index in [1.807, 2.05) is 18.2 Å². The Labute approximate surface area is 289 Å². The Kier molecular flexibility index (Phi) is 7.54. The summed E-state index contributed by atoms with van der Waals surface area (Å²) in [7, 11) is 0. The lowest BCUT2D eigenvalue weighted by Gasteiger charge is -2.31. The van der Waals surface area contributed by atoms with Gasteiger partial charge in [-0.2, -0.15) is 0 Å². The lowest BCUT2D eigenvalue weighted by Crippen LogP contribution is -2.26. The van der Waals surface area contributed by atoms with Crippen molar-refractivity contribution in [3.05, 3.63) is 216 Å². The summed E-state index contributed by atoms with van der Waals surface area (Å²) in [6.45, 7) is 13.2. The second-order valence-corrected chi connectivity index (χ2v) is 12.7. The Morgan fingerprint density at radius 3 is 1.71 bits per heavy atom. The van der Waals surface area contributed by atoms with Crippen molar-refractivity contribution in [1.29, 1.82) is 0 Å². The van der Waals surface area contributed by atoms with E-state index in [2.05, 4.69) is 173 Å². The Morgan fingerprint density at radius 1 is 0.571 bits per heavy atom. The fourth-order valence-corrected chi connectivity index (χ4v) is 7.99. The van der Waals surface area contributed by atoms with E-state index in [0.717, 1.165) is 44.8 Å². The average Bonchev–Trinajstić information content (AvgIpc) is 3.60. The molecule has 5 aromatic carbocycles. The number of pyridine rings is 1. The van der Waals surface area contributed by atoms with E-state index in [0.29, 0.717) is 0 Å². The summed E-state index contributed by atoms with van der Waals surface area (Å²) in [5.74, 6) is 0. The van der Waals surface area contributed by atoms with Gasteiger partial charge in [-0.15, -0.1) is 0 Å². The van der Waals surface area contributed by atoms with Gasteiger partial charge >= 0.3 is 0 Å². The van der Waals surface area contributed by atoms with Crippen LogP contribution in [0, 0.1) is 0 Å². The molecule has 2 aliphatic carbocycles. The molecule has 1 aromatic heterocycles. The zero-order valence-electron chi connectivity index (χ0n) is 27.9. The summed E-state index contributed by atoms with van der Waals surface area (Å²) in [6.07, 6.45) is 8.70. The highest BCUT2D eigenvalue weighted by Crippen LogP contribution is 2.63. The Balaban J connectivity index is 1.29. The van der Waals surface area contributed by atoms with Crippen molar-refractivity contribution in [3.63, 3.8) is 0 Å². The van der Waals surface area contributed by atoms with Gasteiger partial charge in [-0.05, 0) is 105 Å². The molecule has 49 heavy (non-hydrogen) atoms. The van der Waals surface area contributed by atoms with Crippen molar-refractivity contribution in [2.75, 3.05) is 0 Å². The van der Waals surface area contributed by atoms with Crippen LogP contribution in [0.15, 0.2) is 183 Å². The molecule has 0 radical (unpaired) electrons. The molecule has 2 aliphatic rings. The molecule has 1 spiro atoms. The Hall–Kier alpha value is -6.05. The van der Waals surface area contributed by atoms with Gasteiger partial charge in [0, 0.05) is 11.1 Å². The third-order valence-electron chi connectivity index (χ3n) is 10.2. The largest absolute Gasteiger partial charge is 0.248 e. The maximum Gasteiger partial charge on any atom is 0.0722 e. The van der Waals surface area contributed by atoms with E-state index in [1.54, 1.807) is 0 Å². The molecule has 234 valence electrons. The first kappa shape index (κ1) is 30.3. The third kappa shape index (κ3) is 4.73. The highest BCUT2D eigenvalue weighted by Gasteiger charge is 2.52. The van der Waals surface area contributed by atoms with Crippen LogP contribution in [0.1, 0.15) is 47.2 Å². The summed E-state index contributed by atoms with van der Waals surface area (Å²) >= 11 is 0. The fraction of sp³-hybridized carbons (Fsp3) is 0.0625. The molecular weight excluding hydrogens is 591 g/mol. The highest BCUT2D eigenvalue weighted by atomic mass is 14.7. The van der Waals surface area contributed by atoms with Crippen molar-refractivity contribution in [2.45, 2.75) is 19.3 Å². The van der Waals surface area contributed by atoms with E-state index in [9.17, 15) is 0 Å². The van der Waals surface area contributed by atoms with Crippen LogP contribution in [0.25, 0.3) is 50.4 Å². The third-order valence-corrected chi connectivity index (χ3v) is 10.2.